The van der Waals surface area contributed by atoms with E-state index in [0.717, 1.165) is 5.56 Å². The topological polar surface area (TPSA) is 60.9 Å². The Kier molecular flexibility index (Phi) is 5.41. The number of fused-ring (bicyclic) bond motifs is 1. The van der Waals surface area contributed by atoms with Crippen LogP contribution in [0.2, 0.25) is 0 Å². The Labute approximate surface area is 154 Å². The van der Waals surface area contributed by atoms with Crippen LogP contribution in [0.15, 0.2) is 59.5 Å². The molecule has 0 aliphatic carbocycles. The normalized spacial score (nSPS) is 17.2. The Bertz CT molecular complexity index is 882. The van der Waals surface area contributed by atoms with Crippen molar-refractivity contribution in [3.8, 4) is 0 Å². The Morgan fingerprint density at radius 1 is 1.00 bits per heavy atom. The fourth-order valence-electron chi connectivity index (χ4n) is 2.97. The molecule has 1 aliphatic heterocycles. The van der Waals surface area contributed by atoms with Crippen molar-refractivity contribution in [3.05, 3.63) is 60.2 Å². The van der Waals surface area contributed by atoms with Crippen LogP contribution in [0.3, 0.4) is 0 Å². The van der Waals surface area contributed by atoms with Crippen molar-refractivity contribution >= 4 is 21.6 Å². The highest BCUT2D eigenvalue weighted by Gasteiger charge is 2.36. The summed E-state index contributed by atoms with van der Waals surface area (Å²) in [4.78, 5) is 16.6. The number of nitrogens with zero attached hydrogens (tertiary/aromatic N) is 3. The molecule has 7 heteroatoms. The van der Waals surface area contributed by atoms with Crippen LogP contribution < -0.4 is 4.90 Å². The zero-order valence-electron chi connectivity index (χ0n) is 15.0. The van der Waals surface area contributed by atoms with E-state index in [1.165, 1.54) is 4.31 Å². The summed E-state index contributed by atoms with van der Waals surface area (Å²) in [6.45, 7) is 1.10. The summed E-state index contributed by atoms with van der Waals surface area (Å²) >= 11 is 0. The molecule has 3 rings (SSSR count). The second-order valence-electron chi connectivity index (χ2n) is 6.58. The van der Waals surface area contributed by atoms with E-state index < -0.39 is 10.0 Å². The van der Waals surface area contributed by atoms with Crippen LogP contribution in [0.4, 0.5) is 5.69 Å². The van der Waals surface area contributed by atoms with Gasteiger partial charge in [-0.3, -0.25) is 4.79 Å². The number of rotatable bonds is 5. The van der Waals surface area contributed by atoms with Gasteiger partial charge in [-0.2, -0.15) is 4.31 Å². The van der Waals surface area contributed by atoms with Gasteiger partial charge in [-0.25, -0.2) is 8.42 Å². The molecule has 0 bridgehead atoms. The number of likely N-dealkylation sites (N-methyl/N-ethyl adjacent to an activating group) is 1. The van der Waals surface area contributed by atoms with Crippen molar-refractivity contribution in [2.45, 2.75) is 11.4 Å². The molecular formula is C19H23N3O3S. The van der Waals surface area contributed by atoms with Crippen molar-refractivity contribution in [3.63, 3.8) is 0 Å². The van der Waals surface area contributed by atoms with Crippen LogP contribution in [-0.4, -0.2) is 57.3 Å². The first-order valence-corrected chi connectivity index (χ1v) is 9.92. The standard InChI is InChI=1S/C19H23N3O3S/c1-20(2)12-13-22-17-10-6-7-11-18(17)26(24,25)21(15-19(22)23)14-16-8-4-3-5-9-16/h3-11H,12-15H2,1-2H3. The number of sulfonamides is 1. The lowest BCUT2D eigenvalue weighted by molar-refractivity contribution is -0.118. The van der Waals surface area contributed by atoms with Gasteiger partial charge in [-0.05, 0) is 31.8 Å². The molecule has 0 atom stereocenters. The van der Waals surface area contributed by atoms with Crippen LogP contribution in [0.5, 0.6) is 0 Å². The number of hydrogen-bond donors (Lipinski definition) is 0. The molecule has 2 aromatic carbocycles. The molecule has 1 heterocycles. The second kappa shape index (κ2) is 7.57. The third-order valence-electron chi connectivity index (χ3n) is 4.36. The van der Waals surface area contributed by atoms with E-state index in [-0.39, 0.29) is 23.9 Å². The zero-order chi connectivity index (χ0) is 18.7. The van der Waals surface area contributed by atoms with Crippen LogP contribution in [0.1, 0.15) is 5.56 Å². The minimum Gasteiger partial charge on any atom is -0.309 e. The number of benzene rings is 2. The van der Waals surface area contributed by atoms with Gasteiger partial charge in [0.05, 0.1) is 12.2 Å². The number of amides is 1. The third kappa shape index (κ3) is 3.80. The number of carbonyl (C=O) groups excluding carboxylic acids is 1. The van der Waals surface area contributed by atoms with Crippen molar-refractivity contribution in [2.24, 2.45) is 0 Å². The molecule has 6 nitrogen and oxygen atoms in total. The first-order chi connectivity index (χ1) is 12.4. The quantitative estimate of drug-likeness (QED) is 0.802. The minimum atomic E-state index is -3.76. The van der Waals surface area contributed by atoms with Crippen molar-refractivity contribution in [1.82, 2.24) is 9.21 Å². The van der Waals surface area contributed by atoms with Crippen LogP contribution in [0, 0.1) is 0 Å². The smallest absolute Gasteiger partial charge is 0.245 e. The van der Waals surface area contributed by atoms with Gasteiger partial charge < -0.3 is 9.80 Å². The van der Waals surface area contributed by atoms with Crippen molar-refractivity contribution in [1.29, 1.82) is 0 Å². The highest BCUT2D eigenvalue weighted by molar-refractivity contribution is 7.89. The highest BCUT2D eigenvalue weighted by Crippen LogP contribution is 2.31. The van der Waals surface area contributed by atoms with Gasteiger partial charge in [0.25, 0.3) is 0 Å². The monoisotopic (exact) mass is 373 g/mol. The van der Waals surface area contributed by atoms with E-state index >= 15 is 0 Å². The number of anilines is 1. The Balaban J connectivity index is 2.01. The lowest BCUT2D eigenvalue weighted by Crippen LogP contribution is -2.41. The molecule has 0 saturated carbocycles. The first kappa shape index (κ1) is 18.6. The molecule has 0 N–H and O–H groups in total. The Morgan fingerprint density at radius 3 is 2.35 bits per heavy atom. The molecule has 1 aliphatic rings. The van der Waals surface area contributed by atoms with E-state index in [1.54, 1.807) is 29.2 Å². The minimum absolute atomic E-state index is 0.167. The summed E-state index contributed by atoms with van der Waals surface area (Å²) in [6.07, 6.45) is 0. The summed E-state index contributed by atoms with van der Waals surface area (Å²) in [5.41, 5.74) is 1.30. The van der Waals surface area contributed by atoms with Crippen LogP contribution in [0.25, 0.3) is 0 Å². The molecule has 26 heavy (non-hydrogen) atoms. The molecule has 0 aromatic heterocycles. The zero-order valence-corrected chi connectivity index (χ0v) is 15.8. The molecule has 1 amide bonds. The van der Waals surface area contributed by atoms with Crippen LogP contribution in [-0.2, 0) is 21.4 Å². The van der Waals surface area contributed by atoms with E-state index in [9.17, 15) is 13.2 Å². The van der Waals surface area contributed by atoms with Gasteiger partial charge in [0.1, 0.15) is 4.90 Å². The van der Waals surface area contributed by atoms with Gasteiger partial charge in [0.15, 0.2) is 0 Å². The summed E-state index contributed by atoms with van der Waals surface area (Å²) in [5, 5.41) is 0. The average Bonchev–Trinajstić information content (AvgIpc) is 2.69. The Hall–Kier alpha value is -2.22. The average molecular weight is 373 g/mol. The summed E-state index contributed by atoms with van der Waals surface area (Å²) in [5.74, 6) is -0.212. The lowest BCUT2D eigenvalue weighted by Gasteiger charge is -2.23. The van der Waals surface area contributed by atoms with E-state index in [1.807, 2.05) is 49.3 Å². The van der Waals surface area contributed by atoms with Gasteiger partial charge in [-0.15, -0.1) is 0 Å². The molecule has 0 saturated heterocycles. The second-order valence-corrected chi connectivity index (χ2v) is 8.48. The molecule has 0 unspecified atom stereocenters. The van der Waals surface area contributed by atoms with Crippen LogP contribution >= 0.6 is 0 Å². The van der Waals surface area contributed by atoms with Gasteiger partial charge in [-0.1, -0.05) is 42.5 Å². The number of para-hydroxylation sites is 1. The predicted octanol–water partition coefficient (Wildman–Crippen LogP) is 1.79. The molecule has 0 radical (unpaired) electrons. The predicted molar refractivity (Wildman–Crippen MR) is 101 cm³/mol. The molecular weight excluding hydrogens is 350 g/mol. The highest BCUT2D eigenvalue weighted by atomic mass is 32.2. The maximum atomic E-state index is 13.2. The van der Waals surface area contributed by atoms with Gasteiger partial charge in [0.2, 0.25) is 15.9 Å². The maximum absolute atomic E-state index is 13.2. The van der Waals surface area contributed by atoms with Gasteiger partial charge in [0, 0.05) is 19.6 Å². The van der Waals surface area contributed by atoms with Crippen molar-refractivity contribution < 1.29 is 13.2 Å². The SMILES string of the molecule is CN(C)CCN1C(=O)CN(Cc2ccccc2)S(=O)(=O)c2ccccc21. The third-order valence-corrected chi connectivity index (χ3v) is 6.20. The largest absolute Gasteiger partial charge is 0.309 e. The number of hydrogen-bond acceptors (Lipinski definition) is 4. The van der Waals surface area contributed by atoms with Gasteiger partial charge >= 0.3 is 0 Å². The first-order valence-electron chi connectivity index (χ1n) is 8.48. The fourth-order valence-corrected chi connectivity index (χ4v) is 4.54. The maximum Gasteiger partial charge on any atom is 0.245 e. The van der Waals surface area contributed by atoms with E-state index in [4.69, 9.17) is 0 Å². The molecule has 2 aromatic rings. The molecule has 0 fully saturated rings. The molecule has 138 valence electrons. The lowest BCUT2D eigenvalue weighted by atomic mass is 10.2. The van der Waals surface area contributed by atoms with E-state index in [0.29, 0.717) is 18.8 Å². The summed E-state index contributed by atoms with van der Waals surface area (Å²) < 4.78 is 27.7. The van der Waals surface area contributed by atoms with Crippen molar-refractivity contribution in [2.75, 3.05) is 38.6 Å². The summed E-state index contributed by atoms with van der Waals surface area (Å²) in [6, 6.07) is 16.0. The molecule has 0 spiro atoms. The fraction of sp³-hybridized carbons (Fsp3) is 0.316. The Morgan fingerprint density at radius 2 is 1.65 bits per heavy atom. The summed E-state index contributed by atoms with van der Waals surface area (Å²) in [7, 11) is 0.0819. The van der Waals surface area contributed by atoms with E-state index in [2.05, 4.69) is 0 Å². The number of carbonyl (C=O) groups is 1.